The Morgan fingerprint density at radius 2 is 1.89 bits per heavy atom. The summed E-state index contributed by atoms with van der Waals surface area (Å²) in [4.78, 5) is 0. The molecule has 0 aromatic heterocycles. The zero-order valence-electron chi connectivity index (χ0n) is 11.5. The topological polar surface area (TPSA) is 42.5 Å². The first-order chi connectivity index (χ1) is 8.71. The number of ether oxygens (including phenoxy) is 2. The standard InChI is InChI=1S/C14H22N2O2/c1-9-5-13(18-4)11(6-12(9)17-3)14(15-2)10-7-16-8-10/h5-6,10,14-16H,7-8H2,1-4H3. The lowest BCUT2D eigenvalue weighted by Gasteiger charge is -2.35. The Labute approximate surface area is 109 Å². The van der Waals surface area contributed by atoms with Crippen LogP contribution in [0.4, 0.5) is 0 Å². The molecule has 1 atom stereocenters. The molecule has 0 aliphatic carbocycles. The average Bonchev–Trinajstić information content (AvgIpc) is 2.33. The normalized spacial score (nSPS) is 17.1. The summed E-state index contributed by atoms with van der Waals surface area (Å²) < 4.78 is 10.9. The van der Waals surface area contributed by atoms with Crippen LogP contribution in [0.15, 0.2) is 12.1 Å². The van der Waals surface area contributed by atoms with E-state index in [1.165, 1.54) is 5.56 Å². The highest BCUT2D eigenvalue weighted by molar-refractivity contribution is 5.47. The van der Waals surface area contributed by atoms with Crippen molar-refractivity contribution < 1.29 is 9.47 Å². The maximum absolute atomic E-state index is 5.51. The molecule has 1 aromatic carbocycles. The van der Waals surface area contributed by atoms with Gasteiger partial charge in [-0.1, -0.05) is 0 Å². The highest BCUT2D eigenvalue weighted by Gasteiger charge is 2.29. The van der Waals surface area contributed by atoms with Crippen molar-refractivity contribution in [2.45, 2.75) is 13.0 Å². The zero-order chi connectivity index (χ0) is 13.1. The lowest BCUT2D eigenvalue weighted by atomic mass is 9.87. The number of benzene rings is 1. The highest BCUT2D eigenvalue weighted by Crippen LogP contribution is 2.36. The van der Waals surface area contributed by atoms with Crippen LogP contribution in [0.3, 0.4) is 0 Å². The Balaban J connectivity index is 2.39. The number of rotatable bonds is 5. The third-order valence-corrected chi connectivity index (χ3v) is 3.68. The third-order valence-electron chi connectivity index (χ3n) is 3.68. The van der Waals surface area contributed by atoms with Crippen molar-refractivity contribution in [3.8, 4) is 11.5 Å². The lowest BCUT2D eigenvalue weighted by Crippen LogP contribution is -2.48. The van der Waals surface area contributed by atoms with Gasteiger partial charge in [0.2, 0.25) is 0 Å². The molecule has 1 fully saturated rings. The predicted molar refractivity (Wildman–Crippen MR) is 72.4 cm³/mol. The van der Waals surface area contributed by atoms with E-state index in [0.29, 0.717) is 12.0 Å². The van der Waals surface area contributed by atoms with Gasteiger partial charge in [0.15, 0.2) is 0 Å². The number of nitrogens with one attached hydrogen (secondary N) is 2. The van der Waals surface area contributed by atoms with Gasteiger partial charge < -0.3 is 20.1 Å². The van der Waals surface area contributed by atoms with Crippen LogP contribution in [0.5, 0.6) is 11.5 Å². The van der Waals surface area contributed by atoms with E-state index in [4.69, 9.17) is 9.47 Å². The van der Waals surface area contributed by atoms with E-state index in [2.05, 4.69) is 16.7 Å². The first-order valence-electron chi connectivity index (χ1n) is 6.31. The minimum Gasteiger partial charge on any atom is -0.496 e. The first kappa shape index (κ1) is 13.2. The van der Waals surface area contributed by atoms with Crippen LogP contribution in [0.25, 0.3) is 0 Å². The van der Waals surface area contributed by atoms with Crippen LogP contribution < -0.4 is 20.1 Å². The summed E-state index contributed by atoms with van der Waals surface area (Å²) in [5.41, 5.74) is 2.27. The van der Waals surface area contributed by atoms with Crippen LogP contribution in [-0.4, -0.2) is 34.4 Å². The second-order valence-corrected chi connectivity index (χ2v) is 4.75. The van der Waals surface area contributed by atoms with Crippen molar-refractivity contribution in [2.75, 3.05) is 34.4 Å². The van der Waals surface area contributed by atoms with Gasteiger partial charge in [0.05, 0.1) is 14.2 Å². The van der Waals surface area contributed by atoms with Crippen molar-refractivity contribution in [1.82, 2.24) is 10.6 Å². The molecule has 1 heterocycles. The van der Waals surface area contributed by atoms with Gasteiger partial charge in [-0.25, -0.2) is 0 Å². The second kappa shape index (κ2) is 5.59. The molecule has 2 rings (SSSR count). The quantitative estimate of drug-likeness (QED) is 0.831. The van der Waals surface area contributed by atoms with Crippen molar-refractivity contribution >= 4 is 0 Å². The van der Waals surface area contributed by atoms with Crippen LogP contribution in [-0.2, 0) is 0 Å². The van der Waals surface area contributed by atoms with Gasteiger partial charge in [0.25, 0.3) is 0 Å². The van der Waals surface area contributed by atoms with Gasteiger partial charge >= 0.3 is 0 Å². The minimum atomic E-state index is 0.302. The smallest absolute Gasteiger partial charge is 0.124 e. The van der Waals surface area contributed by atoms with Gasteiger partial charge in [-0.3, -0.25) is 0 Å². The van der Waals surface area contributed by atoms with E-state index in [1.54, 1.807) is 14.2 Å². The van der Waals surface area contributed by atoms with Crippen LogP contribution in [0.1, 0.15) is 17.2 Å². The van der Waals surface area contributed by atoms with E-state index in [-0.39, 0.29) is 0 Å². The SMILES string of the molecule is CNC(c1cc(OC)c(C)cc1OC)C1CNC1. The van der Waals surface area contributed by atoms with Crippen LogP contribution in [0, 0.1) is 12.8 Å². The Hall–Kier alpha value is -1.26. The molecule has 2 N–H and O–H groups in total. The Kier molecular flexibility index (Phi) is 4.09. The highest BCUT2D eigenvalue weighted by atomic mass is 16.5. The summed E-state index contributed by atoms with van der Waals surface area (Å²) in [6.45, 7) is 4.13. The molecule has 1 aliphatic rings. The van der Waals surface area contributed by atoms with Crippen LogP contribution >= 0.6 is 0 Å². The van der Waals surface area contributed by atoms with Crippen molar-refractivity contribution in [2.24, 2.45) is 5.92 Å². The van der Waals surface area contributed by atoms with Gasteiger partial charge in [-0.2, -0.15) is 0 Å². The number of hydrogen-bond donors (Lipinski definition) is 2. The average molecular weight is 250 g/mol. The predicted octanol–water partition coefficient (Wildman–Crippen LogP) is 1.49. The molecule has 0 spiro atoms. The summed E-state index contributed by atoms with van der Waals surface area (Å²) in [5, 5.41) is 6.70. The van der Waals surface area contributed by atoms with Gasteiger partial charge in [0, 0.05) is 30.6 Å². The summed E-state index contributed by atoms with van der Waals surface area (Å²) in [6, 6.07) is 4.44. The Morgan fingerprint density at radius 3 is 2.33 bits per heavy atom. The molecule has 18 heavy (non-hydrogen) atoms. The monoisotopic (exact) mass is 250 g/mol. The Bertz CT molecular complexity index is 417. The number of aryl methyl sites for hydroxylation is 1. The van der Waals surface area contributed by atoms with E-state index in [1.807, 2.05) is 20.0 Å². The fraction of sp³-hybridized carbons (Fsp3) is 0.571. The number of hydrogen-bond acceptors (Lipinski definition) is 4. The molecule has 0 saturated carbocycles. The van der Waals surface area contributed by atoms with Gasteiger partial charge in [-0.15, -0.1) is 0 Å². The van der Waals surface area contributed by atoms with Gasteiger partial charge in [0.1, 0.15) is 11.5 Å². The molecule has 0 radical (unpaired) electrons. The second-order valence-electron chi connectivity index (χ2n) is 4.75. The molecule has 4 nitrogen and oxygen atoms in total. The molecule has 0 amide bonds. The lowest BCUT2D eigenvalue weighted by molar-refractivity contribution is 0.261. The van der Waals surface area contributed by atoms with Gasteiger partial charge in [-0.05, 0) is 31.7 Å². The van der Waals surface area contributed by atoms with Crippen molar-refractivity contribution in [3.05, 3.63) is 23.3 Å². The Morgan fingerprint density at radius 1 is 1.22 bits per heavy atom. The fourth-order valence-electron chi connectivity index (χ4n) is 2.51. The van der Waals surface area contributed by atoms with E-state index in [0.717, 1.165) is 30.2 Å². The fourth-order valence-corrected chi connectivity index (χ4v) is 2.51. The van der Waals surface area contributed by atoms with Crippen molar-refractivity contribution in [3.63, 3.8) is 0 Å². The zero-order valence-corrected chi connectivity index (χ0v) is 11.5. The summed E-state index contributed by atoms with van der Waals surface area (Å²) in [6.07, 6.45) is 0. The van der Waals surface area contributed by atoms with Crippen LogP contribution in [0.2, 0.25) is 0 Å². The molecule has 1 saturated heterocycles. The van der Waals surface area contributed by atoms with E-state index in [9.17, 15) is 0 Å². The largest absolute Gasteiger partial charge is 0.496 e. The molecule has 4 heteroatoms. The van der Waals surface area contributed by atoms with E-state index >= 15 is 0 Å². The molecule has 1 aliphatic heterocycles. The molecule has 1 aromatic rings. The minimum absolute atomic E-state index is 0.302. The molecule has 1 unspecified atom stereocenters. The molecule has 0 bridgehead atoms. The summed E-state index contributed by atoms with van der Waals surface area (Å²) in [7, 11) is 5.42. The molecular weight excluding hydrogens is 228 g/mol. The third kappa shape index (κ3) is 2.31. The molecular formula is C14H22N2O2. The summed E-state index contributed by atoms with van der Waals surface area (Å²) in [5.74, 6) is 2.45. The van der Waals surface area contributed by atoms with Crippen molar-refractivity contribution in [1.29, 1.82) is 0 Å². The first-order valence-corrected chi connectivity index (χ1v) is 6.31. The summed E-state index contributed by atoms with van der Waals surface area (Å²) >= 11 is 0. The number of methoxy groups -OCH3 is 2. The molecule has 100 valence electrons. The maximum Gasteiger partial charge on any atom is 0.124 e. The maximum atomic E-state index is 5.51. The van der Waals surface area contributed by atoms with E-state index < -0.39 is 0 Å².